The van der Waals surface area contributed by atoms with E-state index in [1.165, 1.54) is 0 Å². The molecule has 0 aliphatic rings. The third kappa shape index (κ3) is 2.26. The predicted molar refractivity (Wildman–Crippen MR) is 70.1 cm³/mol. The highest BCUT2D eigenvalue weighted by atomic mass is 32.1. The molecular weight excluding hydrogens is 234 g/mol. The highest BCUT2D eigenvalue weighted by Crippen LogP contribution is 2.34. The molecule has 1 aromatic heterocycles. The lowest BCUT2D eigenvalue weighted by Gasteiger charge is -2.05. The minimum absolute atomic E-state index is 0.869. The number of nitrogens with zero attached hydrogens (tertiary/aromatic N) is 1. The van der Waals surface area contributed by atoms with Crippen LogP contribution >= 0.6 is 11.3 Å². The minimum Gasteiger partial charge on any atom is -0.496 e. The third-order valence-electron chi connectivity index (χ3n) is 2.58. The van der Waals surface area contributed by atoms with Gasteiger partial charge in [0.15, 0.2) is 5.06 Å². The normalized spacial score (nSPS) is 10.4. The van der Waals surface area contributed by atoms with E-state index in [0.717, 1.165) is 32.6 Å². The number of hydrogen-bond donors (Lipinski definition) is 0. The van der Waals surface area contributed by atoms with E-state index in [2.05, 4.69) is 11.1 Å². The topological polar surface area (TPSA) is 31.4 Å². The van der Waals surface area contributed by atoms with Crippen molar-refractivity contribution in [3.8, 4) is 21.4 Å². The van der Waals surface area contributed by atoms with Gasteiger partial charge in [-0.3, -0.25) is 0 Å². The number of aromatic nitrogens is 1. The first-order chi connectivity index (χ1) is 8.15. The van der Waals surface area contributed by atoms with Crippen LogP contribution in [0.3, 0.4) is 0 Å². The number of rotatable bonds is 3. The lowest BCUT2D eigenvalue weighted by atomic mass is 10.1. The molecule has 0 amide bonds. The van der Waals surface area contributed by atoms with Gasteiger partial charge in [-0.2, -0.15) is 0 Å². The second kappa shape index (κ2) is 4.75. The minimum atomic E-state index is 0.869. The van der Waals surface area contributed by atoms with E-state index < -0.39 is 0 Å². The molecule has 0 aliphatic heterocycles. The lowest BCUT2D eigenvalue weighted by molar-refractivity contribution is 0.412. The summed E-state index contributed by atoms with van der Waals surface area (Å²) in [6.07, 6.45) is 0. The Morgan fingerprint density at radius 3 is 2.41 bits per heavy atom. The summed E-state index contributed by atoms with van der Waals surface area (Å²) in [5, 5.41) is 1.85. The molecule has 4 heteroatoms. The highest BCUT2D eigenvalue weighted by Gasteiger charge is 2.10. The first-order valence-electron chi connectivity index (χ1n) is 5.32. The summed E-state index contributed by atoms with van der Waals surface area (Å²) >= 11 is 1.56. The second-order valence-electron chi connectivity index (χ2n) is 3.78. The standard InChI is InChI=1S/C13H15NO2S/c1-8-7-10(5-6-11(8)15-3)12-14-9(2)13(16-4)17-12/h5-7H,1-4H3. The summed E-state index contributed by atoms with van der Waals surface area (Å²) in [4.78, 5) is 4.50. The van der Waals surface area contributed by atoms with Crippen LogP contribution in [-0.2, 0) is 0 Å². The first kappa shape index (κ1) is 11.9. The van der Waals surface area contributed by atoms with Gasteiger partial charge in [0.1, 0.15) is 10.8 Å². The predicted octanol–water partition coefficient (Wildman–Crippen LogP) is 3.44. The molecule has 1 aromatic carbocycles. The van der Waals surface area contributed by atoms with Gasteiger partial charge in [0.25, 0.3) is 0 Å². The summed E-state index contributed by atoms with van der Waals surface area (Å²) in [5.41, 5.74) is 3.14. The molecule has 0 N–H and O–H groups in total. The summed E-state index contributed by atoms with van der Waals surface area (Å²) < 4.78 is 10.5. The van der Waals surface area contributed by atoms with E-state index >= 15 is 0 Å². The molecule has 17 heavy (non-hydrogen) atoms. The zero-order valence-corrected chi connectivity index (χ0v) is 11.2. The van der Waals surface area contributed by atoms with Crippen LogP contribution in [0.1, 0.15) is 11.3 Å². The zero-order valence-electron chi connectivity index (χ0n) is 10.4. The Balaban J connectivity index is 2.42. The van der Waals surface area contributed by atoms with Crippen molar-refractivity contribution in [1.29, 1.82) is 0 Å². The maximum absolute atomic E-state index is 5.25. The molecular formula is C13H15NO2S. The molecule has 2 aromatic rings. The quantitative estimate of drug-likeness (QED) is 0.835. The maximum atomic E-state index is 5.25. The highest BCUT2D eigenvalue weighted by molar-refractivity contribution is 7.17. The van der Waals surface area contributed by atoms with E-state index in [1.54, 1.807) is 25.6 Å². The molecule has 0 aliphatic carbocycles. The Morgan fingerprint density at radius 1 is 1.12 bits per heavy atom. The van der Waals surface area contributed by atoms with E-state index in [4.69, 9.17) is 9.47 Å². The van der Waals surface area contributed by atoms with E-state index in [-0.39, 0.29) is 0 Å². The number of ether oxygens (including phenoxy) is 2. The van der Waals surface area contributed by atoms with Gasteiger partial charge >= 0.3 is 0 Å². The van der Waals surface area contributed by atoms with Crippen molar-refractivity contribution >= 4 is 11.3 Å². The van der Waals surface area contributed by atoms with Crippen molar-refractivity contribution in [3.05, 3.63) is 29.5 Å². The molecule has 0 radical (unpaired) electrons. The Kier molecular flexibility index (Phi) is 3.33. The summed E-state index contributed by atoms with van der Waals surface area (Å²) in [6, 6.07) is 6.06. The monoisotopic (exact) mass is 249 g/mol. The summed E-state index contributed by atoms with van der Waals surface area (Å²) in [5.74, 6) is 0.897. The van der Waals surface area contributed by atoms with Crippen LogP contribution in [-0.4, -0.2) is 19.2 Å². The average Bonchev–Trinajstić information content (AvgIpc) is 2.70. The van der Waals surface area contributed by atoms with Gasteiger partial charge in [-0.1, -0.05) is 11.3 Å². The van der Waals surface area contributed by atoms with Crippen molar-refractivity contribution in [2.24, 2.45) is 0 Å². The molecule has 0 fully saturated rings. The van der Waals surface area contributed by atoms with Gasteiger partial charge in [-0.05, 0) is 37.6 Å². The van der Waals surface area contributed by atoms with Gasteiger partial charge in [0.2, 0.25) is 0 Å². The fourth-order valence-corrected chi connectivity index (χ4v) is 2.59. The Labute approximate surface area is 105 Å². The van der Waals surface area contributed by atoms with Crippen LogP contribution in [0, 0.1) is 13.8 Å². The van der Waals surface area contributed by atoms with E-state index in [0.29, 0.717) is 0 Å². The molecule has 0 spiro atoms. The molecule has 0 saturated carbocycles. The molecule has 0 unspecified atom stereocenters. The van der Waals surface area contributed by atoms with Crippen LogP contribution < -0.4 is 9.47 Å². The smallest absolute Gasteiger partial charge is 0.197 e. The van der Waals surface area contributed by atoms with E-state index in [9.17, 15) is 0 Å². The molecule has 0 bridgehead atoms. The van der Waals surface area contributed by atoms with Gasteiger partial charge in [0.05, 0.1) is 19.9 Å². The number of aryl methyl sites for hydroxylation is 2. The van der Waals surface area contributed by atoms with Crippen molar-refractivity contribution in [2.75, 3.05) is 14.2 Å². The molecule has 0 saturated heterocycles. The van der Waals surface area contributed by atoms with Crippen molar-refractivity contribution < 1.29 is 9.47 Å². The van der Waals surface area contributed by atoms with Crippen molar-refractivity contribution in [1.82, 2.24) is 4.98 Å². The van der Waals surface area contributed by atoms with Crippen LogP contribution in [0.25, 0.3) is 10.6 Å². The van der Waals surface area contributed by atoms with Crippen molar-refractivity contribution in [3.63, 3.8) is 0 Å². The third-order valence-corrected chi connectivity index (χ3v) is 3.75. The summed E-state index contributed by atoms with van der Waals surface area (Å²) in [6.45, 7) is 3.98. The van der Waals surface area contributed by atoms with Crippen molar-refractivity contribution in [2.45, 2.75) is 13.8 Å². The Morgan fingerprint density at radius 2 is 1.88 bits per heavy atom. The number of methoxy groups -OCH3 is 2. The Bertz CT molecular complexity index is 534. The fourth-order valence-electron chi connectivity index (χ4n) is 1.71. The second-order valence-corrected chi connectivity index (χ2v) is 4.74. The average molecular weight is 249 g/mol. The summed E-state index contributed by atoms with van der Waals surface area (Å²) in [7, 11) is 3.35. The molecule has 3 nitrogen and oxygen atoms in total. The lowest BCUT2D eigenvalue weighted by Crippen LogP contribution is -1.87. The van der Waals surface area contributed by atoms with Crippen LogP contribution in [0.4, 0.5) is 0 Å². The van der Waals surface area contributed by atoms with Crippen LogP contribution in [0.5, 0.6) is 10.8 Å². The van der Waals surface area contributed by atoms with Gasteiger partial charge in [0, 0.05) is 5.56 Å². The maximum Gasteiger partial charge on any atom is 0.197 e. The molecule has 0 atom stereocenters. The number of hydrogen-bond acceptors (Lipinski definition) is 4. The zero-order chi connectivity index (χ0) is 12.4. The largest absolute Gasteiger partial charge is 0.496 e. The number of benzene rings is 1. The van der Waals surface area contributed by atoms with Gasteiger partial charge in [-0.25, -0.2) is 4.98 Å². The van der Waals surface area contributed by atoms with Gasteiger partial charge < -0.3 is 9.47 Å². The van der Waals surface area contributed by atoms with Crippen LogP contribution in [0.15, 0.2) is 18.2 Å². The fraction of sp³-hybridized carbons (Fsp3) is 0.308. The van der Waals surface area contributed by atoms with Crippen LogP contribution in [0.2, 0.25) is 0 Å². The SMILES string of the molecule is COc1ccc(-c2nc(C)c(OC)s2)cc1C. The van der Waals surface area contributed by atoms with E-state index in [1.807, 2.05) is 26.0 Å². The molecule has 1 heterocycles. The van der Waals surface area contributed by atoms with Gasteiger partial charge in [-0.15, -0.1) is 0 Å². The number of thiazole rings is 1. The Hall–Kier alpha value is -1.55. The molecule has 2 rings (SSSR count). The first-order valence-corrected chi connectivity index (χ1v) is 6.13. The molecule has 90 valence electrons.